The molecule has 106 valence electrons. The van der Waals surface area contributed by atoms with Gasteiger partial charge in [-0.2, -0.15) is 0 Å². The molecule has 1 aromatic rings. The second kappa shape index (κ2) is 6.68. The minimum Gasteiger partial charge on any atom is -0.478 e. The second-order valence-electron chi connectivity index (χ2n) is 4.12. The van der Waals surface area contributed by atoms with Gasteiger partial charge in [0.15, 0.2) is 0 Å². The molecule has 1 aromatic heterocycles. The van der Waals surface area contributed by atoms with Crippen molar-refractivity contribution in [3.8, 4) is 0 Å². The van der Waals surface area contributed by atoms with Crippen LogP contribution in [0.5, 0.6) is 0 Å². The Morgan fingerprint density at radius 2 is 2.05 bits per heavy atom. The molecule has 19 heavy (non-hydrogen) atoms. The van der Waals surface area contributed by atoms with Crippen molar-refractivity contribution in [2.45, 2.75) is 39.7 Å². The first kappa shape index (κ1) is 15.7. The fraction of sp³-hybridized carbons (Fsp3) is 0.538. The van der Waals surface area contributed by atoms with Gasteiger partial charge in [0.1, 0.15) is 11.1 Å². The van der Waals surface area contributed by atoms with E-state index < -0.39 is 12.1 Å². The number of carbonyl (C=O) groups excluding carboxylic acids is 1. The Kier molecular flexibility index (Phi) is 5.50. The normalized spacial score (nSPS) is 12.2. The lowest BCUT2D eigenvalue weighted by Crippen LogP contribution is -2.29. The molecule has 1 amide bonds. The third-order valence-electron chi connectivity index (χ3n) is 2.96. The average Bonchev–Trinajstić information content (AvgIpc) is 2.66. The predicted octanol–water partition coefficient (Wildman–Crippen LogP) is 2.68. The fourth-order valence-corrected chi connectivity index (χ4v) is 3.11. The molecule has 0 spiro atoms. The quantitative estimate of drug-likeness (QED) is 0.842. The number of hydrogen-bond donors (Lipinski definition) is 2. The number of thiophene rings is 1. The van der Waals surface area contributed by atoms with E-state index in [2.05, 4.69) is 5.32 Å². The van der Waals surface area contributed by atoms with Crippen molar-refractivity contribution in [3.63, 3.8) is 0 Å². The van der Waals surface area contributed by atoms with E-state index in [1.165, 1.54) is 18.4 Å². The van der Waals surface area contributed by atoms with Crippen molar-refractivity contribution in [2.75, 3.05) is 12.4 Å². The smallest absolute Gasteiger partial charge is 0.339 e. The molecule has 5 nitrogen and oxygen atoms in total. The summed E-state index contributed by atoms with van der Waals surface area (Å²) in [4.78, 5) is 24.2. The van der Waals surface area contributed by atoms with E-state index in [0.717, 1.165) is 10.4 Å². The van der Waals surface area contributed by atoms with Gasteiger partial charge in [-0.15, -0.1) is 11.3 Å². The molecule has 0 saturated heterocycles. The highest BCUT2D eigenvalue weighted by molar-refractivity contribution is 7.16. The fourth-order valence-electron chi connectivity index (χ4n) is 1.97. The van der Waals surface area contributed by atoms with Gasteiger partial charge in [0.05, 0.1) is 5.56 Å². The number of ether oxygens (including phenoxy) is 1. The van der Waals surface area contributed by atoms with Crippen molar-refractivity contribution in [3.05, 3.63) is 16.0 Å². The molecule has 0 saturated carbocycles. The van der Waals surface area contributed by atoms with Gasteiger partial charge in [-0.25, -0.2) is 4.79 Å². The van der Waals surface area contributed by atoms with Crippen molar-refractivity contribution in [1.29, 1.82) is 0 Å². The Balaban J connectivity index is 3.08. The van der Waals surface area contributed by atoms with Gasteiger partial charge in [0.2, 0.25) is 0 Å². The molecular formula is C13H19NO4S. The topological polar surface area (TPSA) is 75.6 Å². The molecule has 0 aliphatic rings. The van der Waals surface area contributed by atoms with Crippen LogP contribution in [0.4, 0.5) is 5.00 Å². The molecule has 1 rings (SSSR count). The number of aryl methyl sites for hydroxylation is 1. The minimum atomic E-state index is -1.01. The lowest BCUT2D eigenvalue weighted by molar-refractivity contribution is -0.125. The SMILES string of the molecule is CCc1c(C)sc(NC(=O)C(CC)OC)c1C(=O)O. The Bertz CT molecular complexity index is 477. The molecule has 6 heteroatoms. The summed E-state index contributed by atoms with van der Waals surface area (Å²) in [6.07, 6.45) is 0.603. The summed E-state index contributed by atoms with van der Waals surface area (Å²) in [6, 6.07) is 0. The van der Waals surface area contributed by atoms with Gasteiger partial charge < -0.3 is 15.2 Å². The van der Waals surface area contributed by atoms with E-state index in [1.807, 2.05) is 20.8 Å². The van der Waals surface area contributed by atoms with Crippen LogP contribution in [0.2, 0.25) is 0 Å². The van der Waals surface area contributed by atoms with Crippen LogP contribution in [-0.4, -0.2) is 30.2 Å². The highest BCUT2D eigenvalue weighted by atomic mass is 32.1. The lowest BCUT2D eigenvalue weighted by Gasteiger charge is -2.12. The number of amides is 1. The third-order valence-corrected chi connectivity index (χ3v) is 4.02. The highest BCUT2D eigenvalue weighted by Crippen LogP contribution is 2.33. The summed E-state index contributed by atoms with van der Waals surface area (Å²) < 4.78 is 5.04. The largest absolute Gasteiger partial charge is 0.478 e. The van der Waals surface area contributed by atoms with Crippen LogP contribution < -0.4 is 5.32 Å². The van der Waals surface area contributed by atoms with E-state index in [4.69, 9.17) is 4.74 Å². The van der Waals surface area contributed by atoms with Crippen LogP contribution >= 0.6 is 11.3 Å². The first-order valence-electron chi connectivity index (χ1n) is 6.15. The Morgan fingerprint density at radius 3 is 2.47 bits per heavy atom. The molecule has 1 unspecified atom stereocenters. The van der Waals surface area contributed by atoms with E-state index in [1.54, 1.807) is 0 Å². The van der Waals surface area contributed by atoms with Gasteiger partial charge in [-0.1, -0.05) is 13.8 Å². The zero-order valence-corrected chi connectivity index (χ0v) is 12.4. The van der Waals surface area contributed by atoms with Crippen LogP contribution in [0, 0.1) is 6.92 Å². The number of anilines is 1. The molecule has 1 heterocycles. The maximum Gasteiger partial charge on any atom is 0.339 e. The van der Waals surface area contributed by atoms with Gasteiger partial charge in [0, 0.05) is 12.0 Å². The summed E-state index contributed by atoms with van der Waals surface area (Å²) >= 11 is 1.29. The van der Waals surface area contributed by atoms with Crippen LogP contribution in [0.3, 0.4) is 0 Å². The van der Waals surface area contributed by atoms with E-state index in [0.29, 0.717) is 17.8 Å². The van der Waals surface area contributed by atoms with Crippen molar-refractivity contribution in [2.24, 2.45) is 0 Å². The van der Waals surface area contributed by atoms with Crippen molar-refractivity contribution in [1.82, 2.24) is 0 Å². The molecule has 0 aromatic carbocycles. The monoisotopic (exact) mass is 285 g/mol. The molecule has 0 fully saturated rings. The number of rotatable bonds is 6. The van der Waals surface area contributed by atoms with Gasteiger partial charge in [0.25, 0.3) is 5.91 Å². The molecule has 2 N–H and O–H groups in total. The van der Waals surface area contributed by atoms with Gasteiger partial charge in [-0.05, 0) is 25.3 Å². The molecule has 0 aliphatic heterocycles. The Labute approximate surface area is 116 Å². The summed E-state index contributed by atoms with van der Waals surface area (Å²) in [7, 11) is 1.46. The zero-order valence-electron chi connectivity index (χ0n) is 11.6. The van der Waals surface area contributed by atoms with Crippen LogP contribution in [0.1, 0.15) is 41.1 Å². The number of hydrogen-bond acceptors (Lipinski definition) is 4. The molecular weight excluding hydrogens is 266 g/mol. The molecule has 0 radical (unpaired) electrons. The third kappa shape index (κ3) is 3.33. The number of aromatic carboxylic acids is 1. The second-order valence-corrected chi connectivity index (χ2v) is 5.35. The standard InChI is InChI=1S/C13H19NO4S/c1-5-8-7(3)19-12(10(8)13(16)17)14-11(15)9(6-2)18-4/h9H,5-6H2,1-4H3,(H,14,15)(H,16,17). The van der Waals surface area contributed by atoms with Gasteiger partial charge >= 0.3 is 5.97 Å². The highest BCUT2D eigenvalue weighted by Gasteiger charge is 2.24. The summed E-state index contributed by atoms with van der Waals surface area (Å²) in [5.74, 6) is -1.32. The first-order valence-corrected chi connectivity index (χ1v) is 6.97. The number of carbonyl (C=O) groups is 2. The average molecular weight is 285 g/mol. The van der Waals surface area contributed by atoms with E-state index >= 15 is 0 Å². The summed E-state index contributed by atoms with van der Waals surface area (Å²) in [5, 5.41) is 12.3. The van der Waals surface area contributed by atoms with Crippen LogP contribution in [-0.2, 0) is 16.0 Å². The lowest BCUT2D eigenvalue weighted by atomic mass is 10.1. The number of nitrogens with one attached hydrogen (secondary N) is 1. The Morgan fingerprint density at radius 1 is 1.42 bits per heavy atom. The maximum atomic E-state index is 11.9. The molecule has 1 atom stereocenters. The minimum absolute atomic E-state index is 0.198. The summed E-state index contributed by atoms with van der Waals surface area (Å²) in [6.45, 7) is 5.60. The number of carboxylic acid groups (broad SMARTS) is 1. The predicted molar refractivity (Wildman–Crippen MR) is 75.1 cm³/mol. The molecule has 0 bridgehead atoms. The van der Waals surface area contributed by atoms with Crippen LogP contribution in [0.25, 0.3) is 0 Å². The van der Waals surface area contributed by atoms with Crippen LogP contribution in [0.15, 0.2) is 0 Å². The number of methoxy groups -OCH3 is 1. The Hall–Kier alpha value is -1.40. The van der Waals surface area contributed by atoms with E-state index in [-0.39, 0.29) is 11.5 Å². The van der Waals surface area contributed by atoms with Gasteiger partial charge in [-0.3, -0.25) is 4.79 Å². The van der Waals surface area contributed by atoms with Crippen molar-refractivity contribution < 1.29 is 19.4 Å². The van der Waals surface area contributed by atoms with E-state index in [9.17, 15) is 14.7 Å². The number of carboxylic acids is 1. The summed E-state index contributed by atoms with van der Waals surface area (Å²) in [5.41, 5.74) is 0.975. The molecule has 0 aliphatic carbocycles. The first-order chi connectivity index (χ1) is 8.96. The zero-order chi connectivity index (χ0) is 14.6. The van der Waals surface area contributed by atoms with Crippen molar-refractivity contribution >= 4 is 28.2 Å². The maximum absolute atomic E-state index is 11.9.